The fraction of sp³-hybridized carbons (Fsp3) is 0. The van der Waals surface area contributed by atoms with E-state index in [0.29, 0.717) is 0 Å². The first-order valence-corrected chi connectivity index (χ1v) is 829. The topological polar surface area (TPSA) is 0 Å². The van der Waals surface area contributed by atoms with E-state index in [4.69, 9.17) is 0 Å². The Hall–Kier alpha value is 94.9. The van der Waals surface area contributed by atoms with Gasteiger partial charge in [0.15, 0.2) is 0 Å². The molecule has 0 bridgehead atoms. The molecule has 0 heterocycles. The van der Waals surface area contributed by atoms with Gasteiger partial charge < -0.3 is 0 Å². The van der Waals surface area contributed by atoms with Crippen molar-refractivity contribution in [3.05, 3.63) is 0 Å². The predicted molar refractivity (Wildman–Crippen MR) is 1820 cm³/mol. The van der Waals surface area contributed by atoms with Gasteiger partial charge in [-0.1, -0.05) is 0 Å². The molecular formula is I130. The fourth-order valence-electron chi connectivity index (χ4n) is 1.91. The summed E-state index contributed by atoms with van der Waals surface area (Å²) in [6.07, 6.45) is 0. The quantitative estimate of drug-likeness (QED) is 0.0533. The van der Waals surface area contributed by atoms with E-state index < -0.39 is 505 Å². The van der Waals surface area contributed by atoms with Crippen molar-refractivity contribution in [1.29, 1.82) is 0 Å². The fourth-order valence-corrected chi connectivity index (χ4v) is 26000. The van der Waals surface area contributed by atoms with Gasteiger partial charge in [0.25, 0.3) is 0 Å². The molecule has 0 radical (unpaired) electrons. The predicted octanol–water partition coefficient (Wildman–Crippen LogP) is 115. The molecule has 0 spiro atoms. The van der Waals surface area contributed by atoms with Gasteiger partial charge in [-0.15, -0.1) is 0 Å². The van der Waals surface area contributed by atoms with Gasteiger partial charge >= 0.3 is 1730 Å². The van der Waals surface area contributed by atoms with Crippen LogP contribution in [0.3, 0.4) is 0 Å². The number of hydrogen-bond donors (Lipinski definition) is 0. The third-order valence-electron chi connectivity index (χ3n) is 5.14. The average molecular weight is 16500 g/mol. The van der Waals surface area contributed by atoms with Crippen LogP contribution in [0.2, 0.25) is 0 Å². The summed E-state index contributed by atoms with van der Waals surface area (Å²) in [6.45, 7) is 0. The van der Waals surface area contributed by atoms with Crippen molar-refractivity contribution in [2.75, 3.05) is 0 Å². The van der Waals surface area contributed by atoms with Crippen LogP contribution >= 0.6 is 1730 Å². The molecule has 0 nitrogen and oxygen atoms in total. The second-order valence-electron chi connectivity index (χ2n) is 10.4. The molecule has 0 amide bonds. The van der Waals surface area contributed by atoms with E-state index in [-0.39, 0.29) is 0 Å². The number of halogens is 130. The minimum absolute atomic E-state index is 0.497. The molecule has 130 heteroatoms. The monoisotopic (exact) mass is 16500 g/mol. The molecule has 0 unspecified atom stereocenters. The maximum atomic E-state index is 3.51. The normalized spacial score (nSPS) is 19.2. The first-order valence-electron chi connectivity index (χ1n) is 18.4. The zero-order valence-electron chi connectivity index (χ0n) is 49.1. The summed E-state index contributed by atoms with van der Waals surface area (Å²) in [4.78, 5) is 0. The first kappa shape index (κ1) is 225. The van der Waals surface area contributed by atoms with Crippen molar-refractivity contribution < 1.29 is 0 Å². The van der Waals surface area contributed by atoms with Crippen molar-refractivity contribution >= 4 is 1730 Å². The van der Waals surface area contributed by atoms with Gasteiger partial charge in [-0.25, -0.2) is 0 Å². The molecule has 0 rings (SSSR count). The zero-order valence-corrected chi connectivity index (χ0v) is 330. The Morgan fingerprint density at radius 3 is 0.0846 bits per heavy atom. The first-order chi connectivity index (χ1) is 59.1. The van der Waals surface area contributed by atoms with Crippen LogP contribution in [-0.2, 0) is 0 Å². The molecule has 0 aromatic carbocycles. The summed E-state index contributed by atoms with van der Waals surface area (Å²) in [5, 5.41) is 0. The Kier molecular flexibility index (Phi) is 234. The maximum absolute atomic E-state index is 3.51. The van der Waals surface area contributed by atoms with Crippen LogP contribution in [0.4, 0.5) is 0 Å². The van der Waals surface area contributed by atoms with Crippen LogP contribution in [-0.4, -0.2) is 0 Å². The van der Waals surface area contributed by atoms with Gasteiger partial charge in [0.2, 0.25) is 0 Å². The second kappa shape index (κ2) is 135. The average Bonchev–Trinajstić information content (AvgIpc) is 0.809. The van der Waals surface area contributed by atoms with Crippen LogP contribution in [0, 0.1) is 0 Å². The van der Waals surface area contributed by atoms with Crippen molar-refractivity contribution in [2.24, 2.45) is 0 Å². The third kappa shape index (κ3) is 91.2. The Labute approximate surface area is 1630 Å². The van der Waals surface area contributed by atoms with E-state index in [0.717, 1.165) is 0 Å². The summed E-state index contributed by atoms with van der Waals surface area (Å²) < 4.78 is 0. The molecule has 0 saturated heterocycles. The molecule has 0 aromatic heterocycles. The summed E-state index contributed by atoms with van der Waals surface area (Å²) in [5.41, 5.74) is 0. The summed E-state index contributed by atoms with van der Waals surface area (Å²) >= 11 is 226. The van der Waals surface area contributed by atoms with Crippen LogP contribution in [0.1, 0.15) is 0 Å². The van der Waals surface area contributed by atoms with E-state index in [2.05, 4.69) is 1230 Å². The molecule has 0 atom stereocenters. The van der Waals surface area contributed by atoms with E-state index in [1.165, 1.54) is 0 Å². The molecule has 910 valence electrons. The van der Waals surface area contributed by atoms with Gasteiger partial charge in [-0.05, 0) is 0 Å². The van der Waals surface area contributed by atoms with Crippen molar-refractivity contribution in [2.45, 2.75) is 0 Å². The van der Waals surface area contributed by atoms with Gasteiger partial charge in [-0.2, -0.15) is 0 Å². The van der Waals surface area contributed by atoms with Crippen molar-refractivity contribution in [3.63, 3.8) is 0 Å². The standard InChI is InChI=1S/I130/c1-67(2)69(5)71(7)73(9)75(11)77(13)79(15)81(17)83(19)85(21)87(23)89(25)91(27)93(29)95(31)97(33)99(35)101(37)103(39)105(41)107(43)109(45)111(47)113(49)115(51)117(53)119(55)121(57)123(59)125(61)127(63)129(65)130(66)128(64)126(62)124(60)122(58)120(56)118(54)116(52)114(50)112(48)110(46)108(44)106(42)104(40)102(38)100(36)98(34)96(32)94(30)92(28)90(26)88(24)86(22)84(20)82(18)80(16)78(14)76(12)74(10)72(8)70(6)68(3)4. The van der Waals surface area contributed by atoms with E-state index in [9.17, 15) is 0 Å². The van der Waals surface area contributed by atoms with Crippen LogP contribution in [0.5, 0.6) is 0 Å². The molecule has 0 aliphatic rings. The molecule has 0 aromatic rings. The van der Waals surface area contributed by atoms with Crippen LogP contribution < -0.4 is 0 Å². The van der Waals surface area contributed by atoms with Crippen molar-refractivity contribution in [1.82, 2.24) is 0 Å². The van der Waals surface area contributed by atoms with Crippen molar-refractivity contribution in [3.8, 4) is 0 Å². The number of hydrogen-bond acceptors (Lipinski definition) is 0. The Bertz CT molecular complexity index is 2560. The van der Waals surface area contributed by atoms with Gasteiger partial charge in [0.1, 0.15) is 0 Å². The molecular weight excluding hydrogens is 16500 g/mol. The Morgan fingerprint density at radius 2 is 0.0615 bits per heavy atom. The molecule has 0 aliphatic heterocycles. The third-order valence-corrected chi connectivity index (χ3v) is 10400. The molecule has 0 fully saturated rings. The SMILES string of the molecule is II(I)I(I)I(I)I(I)I(I)I(I)I(I)I(I)I(I)I(I)I(I)I(I)I(I)I(I)I(I)I(I)I(I)I(I)I(I)I(I)I(I)I(I)I(I)I(I)I(I)I(I)I(I)I(I)I(I)I(I)I(I)I(I)I(I)I(I)I(I)I(I)I(I)I(I)I(I)I(I)I(I)I(I)I(I)I(I)I(I)I(I)I(I)I(I)I(I)I(I)I(I)I(I)I(I)I(I)I(I)I(I)I(I)I(I)I(I)I(I)I(I)I(I)I(I)I(I)I. The van der Waals surface area contributed by atoms with Gasteiger partial charge in [-0.3, -0.25) is 0 Å². The Balaban J connectivity index is 5.98. The molecule has 0 saturated carbocycles. The van der Waals surface area contributed by atoms with E-state index in [1.54, 1.807) is 0 Å². The molecule has 0 N–H and O–H groups in total. The summed E-state index contributed by atoms with van der Waals surface area (Å²) in [7, 11) is -40.8. The summed E-state index contributed by atoms with van der Waals surface area (Å²) in [6, 6.07) is 0. The van der Waals surface area contributed by atoms with Gasteiger partial charge in [0.05, 0.1) is 0 Å². The minimum atomic E-state index is -0.682. The second-order valence-corrected chi connectivity index (χ2v) is 3130. The zero-order chi connectivity index (χ0) is 103. The summed E-state index contributed by atoms with van der Waals surface area (Å²) in [5.74, 6) is 0. The Morgan fingerprint density at radius 1 is 0.0385 bits per heavy atom. The number of rotatable bonds is 63. The van der Waals surface area contributed by atoms with E-state index in [1.807, 2.05) is 0 Å². The molecule has 130 heavy (non-hydrogen) atoms. The van der Waals surface area contributed by atoms with Crippen LogP contribution in [0.15, 0.2) is 0 Å². The van der Waals surface area contributed by atoms with E-state index >= 15 is 0 Å². The van der Waals surface area contributed by atoms with Crippen LogP contribution in [0.25, 0.3) is 0 Å². The van der Waals surface area contributed by atoms with Gasteiger partial charge in [0, 0.05) is 0 Å². The molecule has 0 aliphatic carbocycles.